The fraction of sp³-hybridized carbons (Fsp3) is 0.400. The number of nitrogens with zero attached hydrogens (tertiary/aromatic N) is 3. The van der Waals surface area contributed by atoms with E-state index in [1.165, 1.54) is 12.4 Å². The van der Waals surface area contributed by atoms with Crippen molar-refractivity contribution >= 4 is 23.1 Å². The molecule has 0 aliphatic carbocycles. The zero-order valence-electron chi connectivity index (χ0n) is 9.07. The van der Waals surface area contributed by atoms with Crippen LogP contribution in [0.3, 0.4) is 0 Å². The van der Waals surface area contributed by atoms with Crippen molar-refractivity contribution in [3.05, 3.63) is 24.0 Å². The van der Waals surface area contributed by atoms with Crippen molar-refractivity contribution in [1.82, 2.24) is 15.1 Å². The van der Waals surface area contributed by atoms with Crippen LogP contribution >= 0.6 is 12.2 Å². The molecule has 1 unspecified atom stereocenters. The molecule has 0 bridgehead atoms. The van der Waals surface area contributed by atoms with Gasteiger partial charge in [0, 0.05) is 6.54 Å². The molecule has 0 spiro atoms. The van der Waals surface area contributed by atoms with Crippen LogP contribution in [0.5, 0.6) is 0 Å². The van der Waals surface area contributed by atoms with Crippen molar-refractivity contribution in [3.8, 4) is 0 Å². The number of amides is 1. The Hall–Kier alpha value is -1.60. The Balaban J connectivity index is 2.07. The first-order chi connectivity index (χ1) is 8.18. The van der Waals surface area contributed by atoms with Crippen LogP contribution < -0.4 is 5.73 Å². The van der Waals surface area contributed by atoms with Gasteiger partial charge in [-0.3, -0.25) is 4.79 Å². The Labute approximate surface area is 104 Å². The topological polar surface area (TPSA) is 81.3 Å². The second-order valence-electron chi connectivity index (χ2n) is 3.64. The number of thiocarbonyl (C=S) groups is 1. The summed E-state index contributed by atoms with van der Waals surface area (Å²) in [6, 6.07) is 1.63. The number of aromatic nitrogens is 2. The van der Waals surface area contributed by atoms with Gasteiger partial charge in [-0.1, -0.05) is 12.2 Å². The van der Waals surface area contributed by atoms with E-state index in [-0.39, 0.29) is 17.0 Å². The number of morpholine rings is 1. The molecule has 1 aromatic rings. The molecule has 1 aliphatic heterocycles. The van der Waals surface area contributed by atoms with Crippen LogP contribution in [0.2, 0.25) is 0 Å². The van der Waals surface area contributed by atoms with E-state index in [1.807, 2.05) is 0 Å². The highest BCUT2D eigenvalue weighted by Crippen LogP contribution is 2.09. The Kier molecular flexibility index (Phi) is 3.60. The van der Waals surface area contributed by atoms with Crippen molar-refractivity contribution in [2.45, 2.75) is 6.10 Å². The second kappa shape index (κ2) is 5.15. The van der Waals surface area contributed by atoms with Gasteiger partial charge in [-0.15, -0.1) is 0 Å². The maximum absolute atomic E-state index is 12.1. The van der Waals surface area contributed by atoms with Gasteiger partial charge in [0.2, 0.25) is 0 Å². The summed E-state index contributed by atoms with van der Waals surface area (Å²) in [4.78, 5) is 14.0. The molecular weight excluding hydrogens is 240 g/mol. The quantitative estimate of drug-likeness (QED) is 0.722. The standard InChI is InChI=1S/C10H12N4O2S/c11-9(17)8-6-14(3-4-16-8)10(15)7-1-2-12-13-5-7/h1-2,5,8H,3-4,6H2,(H2,11,17). The zero-order chi connectivity index (χ0) is 12.3. The Bertz CT molecular complexity index is 426. The van der Waals surface area contributed by atoms with Crippen LogP contribution in [0.4, 0.5) is 0 Å². The molecular formula is C10H12N4O2S. The minimum atomic E-state index is -0.363. The summed E-state index contributed by atoms with van der Waals surface area (Å²) in [5.74, 6) is -0.107. The fourth-order valence-electron chi connectivity index (χ4n) is 1.61. The summed E-state index contributed by atoms with van der Waals surface area (Å²) < 4.78 is 5.37. The minimum Gasteiger partial charge on any atom is -0.391 e. The van der Waals surface area contributed by atoms with Gasteiger partial charge in [-0.25, -0.2) is 0 Å². The molecule has 1 aromatic heterocycles. The van der Waals surface area contributed by atoms with Gasteiger partial charge in [0.05, 0.1) is 31.1 Å². The van der Waals surface area contributed by atoms with Gasteiger partial charge in [0.1, 0.15) is 11.1 Å². The van der Waals surface area contributed by atoms with Gasteiger partial charge in [0.25, 0.3) is 5.91 Å². The van der Waals surface area contributed by atoms with E-state index in [1.54, 1.807) is 11.0 Å². The van der Waals surface area contributed by atoms with E-state index < -0.39 is 0 Å². The summed E-state index contributed by atoms with van der Waals surface area (Å²) in [6.45, 7) is 1.35. The predicted molar refractivity (Wildman–Crippen MR) is 64.5 cm³/mol. The molecule has 17 heavy (non-hydrogen) atoms. The Morgan fingerprint density at radius 1 is 1.59 bits per heavy atom. The van der Waals surface area contributed by atoms with Crippen LogP contribution in [-0.2, 0) is 4.74 Å². The van der Waals surface area contributed by atoms with Crippen molar-refractivity contribution in [1.29, 1.82) is 0 Å². The fourth-order valence-corrected chi connectivity index (χ4v) is 1.75. The molecule has 1 amide bonds. The number of carbonyl (C=O) groups is 1. The highest BCUT2D eigenvalue weighted by molar-refractivity contribution is 7.80. The third-order valence-electron chi connectivity index (χ3n) is 2.50. The number of carbonyl (C=O) groups excluding carboxylic acids is 1. The Morgan fingerprint density at radius 3 is 3.06 bits per heavy atom. The monoisotopic (exact) mass is 252 g/mol. The molecule has 1 atom stereocenters. The van der Waals surface area contributed by atoms with E-state index >= 15 is 0 Å². The molecule has 0 radical (unpaired) electrons. The van der Waals surface area contributed by atoms with Crippen LogP contribution in [-0.4, -0.2) is 51.8 Å². The molecule has 0 saturated carbocycles. The van der Waals surface area contributed by atoms with Gasteiger partial charge < -0.3 is 15.4 Å². The van der Waals surface area contributed by atoms with Gasteiger partial charge in [0.15, 0.2) is 0 Å². The van der Waals surface area contributed by atoms with Crippen molar-refractivity contribution in [3.63, 3.8) is 0 Å². The molecule has 6 nitrogen and oxygen atoms in total. The van der Waals surface area contributed by atoms with E-state index in [9.17, 15) is 4.79 Å². The van der Waals surface area contributed by atoms with Crippen LogP contribution in [0.1, 0.15) is 10.4 Å². The first kappa shape index (κ1) is 11.9. The summed E-state index contributed by atoms with van der Waals surface area (Å²) in [7, 11) is 0. The van der Waals surface area contributed by atoms with E-state index in [0.717, 1.165) is 0 Å². The van der Waals surface area contributed by atoms with Crippen LogP contribution in [0.25, 0.3) is 0 Å². The van der Waals surface area contributed by atoms with Crippen molar-refractivity contribution in [2.24, 2.45) is 5.73 Å². The lowest BCUT2D eigenvalue weighted by molar-refractivity contribution is 0.00875. The van der Waals surface area contributed by atoms with Crippen molar-refractivity contribution < 1.29 is 9.53 Å². The molecule has 1 saturated heterocycles. The average Bonchev–Trinajstić information content (AvgIpc) is 2.39. The molecule has 90 valence electrons. The lowest BCUT2D eigenvalue weighted by Gasteiger charge is -2.32. The molecule has 2 heterocycles. The first-order valence-corrected chi connectivity index (χ1v) is 5.56. The van der Waals surface area contributed by atoms with Crippen molar-refractivity contribution in [2.75, 3.05) is 19.7 Å². The number of nitrogens with two attached hydrogens (primary N) is 1. The molecule has 7 heteroatoms. The normalized spacial score (nSPS) is 20.0. The SMILES string of the molecule is NC(=S)C1CN(C(=O)c2ccnnc2)CCO1. The molecule has 1 fully saturated rings. The number of ether oxygens (including phenoxy) is 1. The largest absolute Gasteiger partial charge is 0.391 e. The number of rotatable bonds is 2. The highest BCUT2D eigenvalue weighted by Gasteiger charge is 2.26. The van der Waals surface area contributed by atoms with Crippen LogP contribution in [0, 0.1) is 0 Å². The molecule has 0 aromatic carbocycles. The lowest BCUT2D eigenvalue weighted by Crippen LogP contribution is -2.49. The molecule has 2 N–H and O–H groups in total. The molecule has 2 rings (SSSR count). The summed E-state index contributed by atoms with van der Waals surface area (Å²) >= 11 is 4.86. The third-order valence-corrected chi connectivity index (χ3v) is 2.77. The van der Waals surface area contributed by atoms with E-state index in [0.29, 0.717) is 25.3 Å². The summed E-state index contributed by atoms with van der Waals surface area (Å²) in [5.41, 5.74) is 6.02. The van der Waals surface area contributed by atoms with Crippen LogP contribution in [0.15, 0.2) is 18.5 Å². The van der Waals surface area contributed by atoms with Gasteiger partial charge in [-0.05, 0) is 6.07 Å². The van der Waals surface area contributed by atoms with E-state index in [2.05, 4.69) is 10.2 Å². The first-order valence-electron chi connectivity index (χ1n) is 5.15. The molecule has 1 aliphatic rings. The summed E-state index contributed by atoms with van der Waals surface area (Å²) in [5, 5.41) is 7.31. The van der Waals surface area contributed by atoms with Gasteiger partial charge >= 0.3 is 0 Å². The average molecular weight is 252 g/mol. The smallest absolute Gasteiger partial charge is 0.255 e. The zero-order valence-corrected chi connectivity index (χ0v) is 9.89. The predicted octanol–water partition coefficient (Wildman–Crippen LogP) is -0.396. The number of hydrogen-bond acceptors (Lipinski definition) is 5. The minimum absolute atomic E-state index is 0.107. The Morgan fingerprint density at radius 2 is 2.41 bits per heavy atom. The number of hydrogen-bond donors (Lipinski definition) is 1. The van der Waals surface area contributed by atoms with Gasteiger partial charge in [-0.2, -0.15) is 10.2 Å². The van der Waals surface area contributed by atoms with E-state index in [4.69, 9.17) is 22.7 Å². The maximum Gasteiger partial charge on any atom is 0.255 e. The summed E-state index contributed by atoms with van der Waals surface area (Å²) in [6.07, 6.45) is 2.56. The highest BCUT2D eigenvalue weighted by atomic mass is 32.1. The second-order valence-corrected chi connectivity index (χ2v) is 4.12. The lowest BCUT2D eigenvalue weighted by atomic mass is 10.2. The maximum atomic E-state index is 12.1. The third kappa shape index (κ3) is 2.75.